The lowest BCUT2D eigenvalue weighted by molar-refractivity contribution is 0.676. The minimum absolute atomic E-state index is 0.200. The van der Waals surface area contributed by atoms with Crippen molar-refractivity contribution in [1.82, 2.24) is 0 Å². The van der Waals surface area contributed by atoms with Crippen LogP contribution in [0.25, 0.3) is 0 Å². The highest BCUT2D eigenvalue weighted by molar-refractivity contribution is 7.85. The summed E-state index contributed by atoms with van der Waals surface area (Å²) in [4.78, 5) is 0.965. The zero-order chi connectivity index (χ0) is 9.14. The fourth-order valence-corrected chi connectivity index (χ4v) is 2.14. The molecular formula is C10H14OS. The molecule has 0 aliphatic carbocycles. The molecule has 1 atom stereocenters. The van der Waals surface area contributed by atoms with Crippen LogP contribution in [0.3, 0.4) is 0 Å². The third-order valence-electron chi connectivity index (χ3n) is 1.74. The van der Waals surface area contributed by atoms with E-state index in [1.807, 2.05) is 45.0 Å². The van der Waals surface area contributed by atoms with E-state index in [-0.39, 0.29) is 5.25 Å². The van der Waals surface area contributed by atoms with Crippen molar-refractivity contribution in [2.75, 3.05) is 0 Å². The average molecular weight is 182 g/mol. The predicted molar refractivity (Wildman–Crippen MR) is 52.7 cm³/mol. The topological polar surface area (TPSA) is 17.1 Å². The van der Waals surface area contributed by atoms with Crippen LogP contribution in [-0.4, -0.2) is 9.46 Å². The highest BCUT2D eigenvalue weighted by Crippen LogP contribution is 2.15. The molecule has 2 heteroatoms. The molecular weight excluding hydrogens is 168 g/mol. The van der Waals surface area contributed by atoms with E-state index in [2.05, 4.69) is 0 Å². The van der Waals surface area contributed by atoms with Crippen LogP contribution >= 0.6 is 0 Å². The minimum atomic E-state index is -0.847. The summed E-state index contributed by atoms with van der Waals surface area (Å²) in [5, 5.41) is 0.200. The van der Waals surface area contributed by atoms with Gasteiger partial charge >= 0.3 is 0 Å². The van der Waals surface area contributed by atoms with Crippen LogP contribution < -0.4 is 0 Å². The van der Waals surface area contributed by atoms with E-state index in [4.69, 9.17) is 0 Å². The maximum absolute atomic E-state index is 11.7. The Hall–Kier alpha value is -0.630. The normalized spacial score (nSPS) is 13.3. The lowest BCUT2D eigenvalue weighted by Crippen LogP contribution is -2.06. The van der Waals surface area contributed by atoms with E-state index in [1.165, 1.54) is 0 Å². The summed E-state index contributed by atoms with van der Waals surface area (Å²) in [6, 6.07) is 7.83. The average Bonchev–Trinajstić information content (AvgIpc) is 2.04. The predicted octanol–water partition coefficient (Wildman–Crippen LogP) is 2.51. The molecule has 1 nitrogen and oxygen atoms in total. The SMILES string of the molecule is Cc1ccccc1[S@](=O)C(C)C. The largest absolute Gasteiger partial charge is 0.254 e. The highest BCUT2D eigenvalue weighted by atomic mass is 32.2. The summed E-state index contributed by atoms with van der Waals surface area (Å²) in [6.45, 7) is 5.95. The van der Waals surface area contributed by atoms with Crippen molar-refractivity contribution < 1.29 is 4.21 Å². The molecule has 0 saturated carbocycles. The maximum Gasteiger partial charge on any atom is 0.0557 e. The van der Waals surface area contributed by atoms with Crippen LogP contribution in [0.2, 0.25) is 0 Å². The molecule has 0 amide bonds. The Labute approximate surface area is 76.3 Å². The Kier molecular flexibility index (Phi) is 3.04. The molecule has 1 aromatic carbocycles. The Balaban J connectivity index is 3.03. The molecule has 0 N–H and O–H groups in total. The smallest absolute Gasteiger partial charge is 0.0557 e. The summed E-state index contributed by atoms with van der Waals surface area (Å²) in [6.07, 6.45) is 0. The molecule has 0 radical (unpaired) electrons. The molecule has 0 unspecified atom stereocenters. The number of hydrogen-bond acceptors (Lipinski definition) is 1. The first-order valence-corrected chi connectivity index (χ1v) is 5.30. The number of hydrogen-bond donors (Lipinski definition) is 0. The molecule has 0 spiro atoms. The zero-order valence-electron chi connectivity index (χ0n) is 7.70. The lowest BCUT2D eigenvalue weighted by Gasteiger charge is -2.07. The minimum Gasteiger partial charge on any atom is -0.254 e. The molecule has 66 valence electrons. The molecule has 0 heterocycles. The van der Waals surface area contributed by atoms with Crippen molar-refractivity contribution in [1.29, 1.82) is 0 Å². The fraction of sp³-hybridized carbons (Fsp3) is 0.400. The lowest BCUT2D eigenvalue weighted by atomic mass is 10.2. The molecule has 0 aromatic heterocycles. The monoisotopic (exact) mass is 182 g/mol. The van der Waals surface area contributed by atoms with Gasteiger partial charge in [0, 0.05) is 10.1 Å². The summed E-state index contributed by atoms with van der Waals surface area (Å²) in [7, 11) is -0.847. The second-order valence-corrected chi connectivity index (χ2v) is 5.09. The van der Waals surface area contributed by atoms with Gasteiger partial charge in [-0.15, -0.1) is 0 Å². The van der Waals surface area contributed by atoms with Gasteiger partial charge in [0.15, 0.2) is 0 Å². The molecule has 1 rings (SSSR count). The van der Waals surface area contributed by atoms with Gasteiger partial charge in [0.05, 0.1) is 10.8 Å². The molecule has 0 saturated heterocycles. The van der Waals surface area contributed by atoms with E-state index in [9.17, 15) is 4.21 Å². The third kappa shape index (κ3) is 1.95. The van der Waals surface area contributed by atoms with Crippen LogP contribution in [0.1, 0.15) is 19.4 Å². The van der Waals surface area contributed by atoms with Gasteiger partial charge in [0.2, 0.25) is 0 Å². The Bertz CT molecular complexity index is 292. The highest BCUT2D eigenvalue weighted by Gasteiger charge is 2.09. The zero-order valence-corrected chi connectivity index (χ0v) is 8.52. The van der Waals surface area contributed by atoms with Crippen LogP contribution in [-0.2, 0) is 10.8 Å². The van der Waals surface area contributed by atoms with E-state index >= 15 is 0 Å². The Morgan fingerprint density at radius 1 is 1.25 bits per heavy atom. The molecule has 0 aliphatic heterocycles. The number of rotatable bonds is 2. The van der Waals surface area contributed by atoms with E-state index < -0.39 is 10.8 Å². The van der Waals surface area contributed by atoms with Crippen LogP contribution in [0.4, 0.5) is 0 Å². The Morgan fingerprint density at radius 2 is 1.83 bits per heavy atom. The van der Waals surface area contributed by atoms with Crippen molar-refractivity contribution >= 4 is 10.8 Å². The number of benzene rings is 1. The van der Waals surface area contributed by atoms with Gasteiger partial charge in [-0.3, -0.25) is 4.21 Å². The quantitative estimate of drug-likeness (QED) is 0.687. The Morgan fingerprint density at radius 3 is 2.33 bits per heavy atom. The second-order valence-electron chi connectivity index (χ2n) is 3.11. The molecule has 0 bridgehead atoms. The molecule has 12 heavy (non-hydrogen) atoms. The first-order chi connectivity index (χ1) is 5.63. The van der Waals surface area contributed by atoms with Crippen LogP contribution in [0.5, 0.6) is 0 Å². The second kappa shape index (κ2) is 3.85. The summed E-state index contributed by atoms with van der Waals surface area (Å²) in [5.74, 6) is 0. The molecule has 0 fully saturated rings. The van der Waals surface area contributed by atoms with Gasteiger partial charge in [-0.1, -0.05) is 32.0 Å². The first-order valence-electron chi connectivity index (χ1n) is 4.09. The van der Waals surface area contributed by atoms with Crippen LogP contribution in [0.15, 0.2) is 29.2 Å². The standard InChI is InChI=1S/C10H14OS/c1-8(2)12(11)10-7-5-4-6-9(10)3/h4-8H,1-3H3/t12-/m1/s1. The fourth-order valence-electron chi connectivity index (χ4n) is 1.04. The molecule has 0 aliphatic rings. The number of aryl methyl sites for hydroxylation is 1. The van der Waals surface area contributed by atoms with Gasteiger partial charge in [-0.2, -0.15) is 0 Å². The van der Waals surface area contributed by atoms with Crippen molar-refractivity contribution in [3.63, 3.8) is 0 Å². The van der Waals surface area contributed by atoms with Crippen LogP contribution in [0, 0.1) is 6.92 Å². The summed E-state index contributed by atoms with van der Waals surface area (Å²) in [5.41, 5.74) is 1.12. The van der Waals surface area contributed by atoms with Gasteiger partial charge in [0.25, 0.3) is 0 Å². The summed E-state index contributed by atoms with van der Waals surface area (Å²) < 4.78 is 11.7. The van der Waals surface area contributed by atoms with Gasteiger partial charge in [-0.05, 0) is 18.6 Å². The maximum atomic E-state index is 11.7. The first kappa shape index (κ1) is 9.46. The van der Waals surface area contributed by atoms with Crippen molar-refractivity contribution in [3.05, 3.63) is 29.8 Å². The van der Waals surface area contributed by atoms with Gasteiger partial charge in [0.1, 0.15) is 0 Å². The van der Waals surface area contributed by atoms with Gasteiger partial charge < -0.3 is 0 Å². The van der Waals surface area contributed by atoms with E-state index in [0.29, 0.717) is 0 Å². The van der Waals surface area contributed by atoms with Gasteiger partial charge in [-0.25, -0.2) is 0 Å². The van der Waals surface area contributed by atoms with Crippen molar-refractivity contribution in [3.8, 4) is 0 Å². The molecule has 1 aromatic rings. The van der Waals surface area contributed by atoms with E-state index in [0.717, 1.165) is 10.5 Å². The van der Waals surface area contributed by atoms with E-state index in [1.54, 1.807) is 0 Å². The summed E-state index contributed by atoms with van der Waals surface area (Å²) >= 11 is 0. The van der Waals surface area contributed by atoms with Crippen molar-refractivity contribution in [2.45, 2.75) is 30.9 Å². The third-order valence-corrected chi connectivity index (χ3v) is 3.49. The van der Waals surface area contributed by atoms with Crippen molar-refractivity contribution in [2.24, 2.45) is 0 Å².